The van der Waals surface area contributed by atoms with Crippen LogP contribution in [0.2, 0.25) is 5.02 Å². The Hall–Kier alpha value is -0.510. The van der Waals surface area contributed by atoms with Gasteiger partial charge in [-0.3, -0.25) is 0 Å². The number of hydrogen-bond acceptors (Lipinski definition) is 1. The Labute approximate surface area is 135 Å². The molecule has 0 unspecified atom stereocenters. The number of halogens is 3. The molecule has 0 aliphatic carbocycles. The molecule has 2 rings (SSSR count). The first-order valence-corrected chi connectivity index (χ1v) is 8.19. The fraction of sp³-hybridized carbons (Fsp3) is 0.200. The number of alkyl halides is 1. The van der Waals surface area contributed by atoms with E-state index in [0.29, 0.717) is 0 Å². The highest BCUT2D eigenvalue weighted by Gasteiger charge is 2.06. The molecule has 0 N–H and O–H groups in total. The van der Waals surface area contributed by atoms with Crippen molar-refractivity contribution in [2.75, 3.05) is 11.9 Å². The lowest BCUT2D eigenvalue weighted by atomic mass is 10.2. The molecular formula is C15H14Br2ClN. The molecule has 2 aromatic rings. The van der Waals surface area contributed by atoms with Crippen LogP contribution in [0.4, 0.5) is 5.69 Å². The Bertz CT molecular complexity index is 572. The Morgan fingerprint density at radius 1 is 1.16 bits per heavy atom. The fourth-order valence-corrected chi connectivity index (χ4v) is 3.22. The van der Waals surface area contributed by atoms with Crippen molar-refractivity contribution in [2.24, 2.45) is 0 Å². The third-order valence-corrected chi connectivity index (χ3v) is 4.38. The second-order valence-electron chi connectivity index (χ2n) is 4.40. The number of rotatable bonds is 4. The van der Waals surface area contributed by atoms with Crippen LogP contribution < -0.4 is 4.90 Å². The zero-order chi connectivity index (χ0) is 13.8. The van der Waals surface area contributed by atoms with E-state index in [-0.39, 0.29) is 0 Å². The summed E-state index contributed by atoms with van der Waals surface area (Å²) in [7, 11) is 2.07. The van der Waals surface area contributed by atoms with E-state index in [0.717, 1.165) is 32.6 Å². The van der Waals surface area contributed by atoms with Crippen LogP contribution in [0.5, 0.6) is 0 Å². The van der Waals surface area contributed by atoms with Crippen molar-refractivity contribution in [1.82, 2.24) is 0 Å². The Morgan fingerprint density at radius 3 is 2.58 bits per heavy atom. The summed E-state index contributed by atoms with van der Waals surface area (Å²) in [5.41, 5.74) is 3.49. The third-order valence-electron chi connectivity index (χ3n) is 2.93. The molecule has 0 saturated heterocycles. The van der Waals surface area contributed by atoms with Crippen LogP contribution in [0.1, 0.15) is 11.1 Å². The summed E-state index contributed by atoms with van der Waals surface area (Å²) in [5.74, 6) is 0. The van der Waals surface area contributed by atoms with E-state index < -0.39 is 0 Å². The number of benzene rings is 2. The van der Waals surface area contributed by atoms with Gasteiger partial charge in [-0.15, -0.1) is 0 Å². The van der Waals surface area contributed by atoms with Gasteiger partial charge >= 0.3 is 0 Å². The van der Waals surface area contributed by atoms with Gasteiger partial charge in [-0.1, -0.05) is 61.7 Å². The first-order valence-electron chi connectivity index (χ1n) is 5.90. The van der Waals surface area contributed by atoms with E-state index in [1.165, 1.54) is 5.56 Å². The van der Waals surface area contributed by atoms with Crippen molar-refractivity contribution in [3.05, 3.63) is 63.1 Å². The standard InChI is InChI=1S/C15H14Br2ClN/c1-19(10-11-3-2-4-13(17)7-11)14-6-5-12(9-16)15(18)8-14/h2-8H,9-10H2,1H3. The molecule has 0 amide bonds. The summed E-state index contributed by atoms with van der Waals surface area (Å²) in [5, 5.41) is 1.58. The smallest absolute Gasteiger partial charge is 0.0467 e. The van der Waals surface area contributed by atoms with Gasteiger partial charge in [0, 0.05) is 34.1 Å². The molecule has 1 nitrogen and oxygen atoms in total. The van der Waals surface area contributed by atoms with Gasteiger partial charge in [0.1, 0.15) is 0 Å². The molecule has 0 aromatic heterocycles. The topological polar surface area (TPSA) is 3.24 Å². The highest BCUT2D eigenvalue weighted by atomic mass is 79.9. The predicted octanol–water partition coefficient (Wildman–Crippen LogP) is 5.63. The first kappa shape index (κ1) is 14.9. The molecule has 0 fully saturated rings. The molecular weight excluding hydrogens is 389 g/mol. The number of anilines is 1. The van der Waals surface area contributed by atoms with Gasteiger partial charge in [0.05, 0.1) is 0 Å². The van der Waals surface area contributed by atoms with E-state index in [2.05, 4.69) is 68.1 Å². The molecule has 0 aliphatic heterocycles. The van der Waals surface area contributed by atoms with Crippen LogP contribution in [0.25, 0.3) is 0 Å². The molecule has 4 heteroatoms. The lowest BCUT2D eigenvalue weighted by Crippen LogP contribution is -2.16. The minimum Gasteiger partial charge on any atom is -0.370 e. The molecule has 0 saturated carbocycles. The Balaban J connectivity index is 2.15. The lowest BCUT2D eigenvalue weighted by molar-refractivity contribution is 0.922. The van der Waals surface area contributed by atoms with Crippen molar-refractivity contribution in [2.45, 2.75) is 11.9 Å². The van der Waals surface area contributed by atoms with Gasteiger partial charge in [-0.05, 0) is 35.4 Å². The molecule has 0 bridgehead atoms. The molecule has 0 heterocycles. The third kappa shape index (κ3) is 3.98. The van der Waals surface area contributed by atoms with E-state index in [9.17, 15) is 0 Å². The van der Waals surface area contributed by atoms with Crippen LogP contribution >= 0.6 is 43.5 Å². The molecule has 0 aliphatic rings. The second kappa shape index (κ2) is 6.78. The van der Waals surface area contributed by atoms with Gasteiger partial charge < -0.3 is 4.90 Å². The van der Waals surface area contributed by atoms with Gasteiger partial charge in [0.2, 0.25) is 0 Å². The maximum atomic E-state index is 6.24. The van der Waals surface area contributed by atoms with Gasteiger partial charge in [-0.25, -0.2) is 0 Å². The first-order chi connectivity index (χ1) is 9.10. The minimum absolute atomic E-state index is 0.779. The summed E-state index contributed by atoms with van der Waals surface area (Å²) in [6.45, 7) is 0.851. The van der Waals surface area contributed by atoms with Crippen LogP contribution in [-0.2, 0) is 11.9 Å². The van der Waals surface area contributed by atoms with Crippen LogP contribution in [-0.4, -0.2) is 7.05 Å². The SMILES string of the molecule is CN(Cc1cccc(Br)c1)c1ccc(CBr)c(Cl)c1. The average Bonchev–Trinajstić information content (AvgIpc) is 2.38. The average molecular weight is 404 g/mol. The predicted molar refractivity (Wildman–Crippen MR) is 90.3 cm³/mol. The second-order valence-corrected chi connectivity index (χ2v) is 6.28. The highest BCUT2D eigenvalue weighted by Crippen LogP contribution is 2.26. The molecule has 0 atom stereocenters. The molecule has 0 radical (unpaired) electrons. The van der Waals surface area contributed by atoms with Crippen molar-refractivity contribution < 1.29 is 0 Å². The summed E-state index contributed by atoms with van der Waals surface area (Å²) < 4.78 is 1.10. The monoisotopic (exact) mass is 401 g/mol. The number of nitrogens with zero attached hydrogens (tertiary/aromatic N) is 1. The molecule has 2 aromatic carbocycles. The van der Waals surface area contributed by atoms with Crippen molar-refractivity contribution in [3.8, 4) is 0 Å². The van der Waals surface area contributed by atoms with Crippen LogP contribution in [0.15, 0.2) is 46.9 Å². The van der Waals surface area contributed by atoms with Crippen molar-refractivity contribution in [3.63, 3.8) is 0 Å². The van der Waals surface area contributed by atoms with Crippen molar-refractivity contribution >= 4 is 49.1 Å². The molecule has 19 heavy (non-hydrogen) atoms. The maximum Gasteiger partial charge on any atom is 0.0467 e. The summed E-state index contributed by atoms with van der Waals surface area (Å²) in [6.07, 6.45) is 0. The van der Waals surface area contributed by atoms with E-state index in [1.54, 1.807) is 0 Å². The highest BCUT2D eigenvalue weighted by molar-refractivity contribution is 9.10. The lowest BCUT2D eigenvalue weighted by Gasteiger charge is -2.20. The summed E-state index contributed by atoms with van der Waals surface area (Å²) in [4.78, 5) is 2.19. The minimum atomic E-state index is 0.779. The van der Waals surface area contributed by atoms with E-state index in [4.69, 9.17) is 11.6 Å². The molecule has 0 spiro atoms. The quantitative estimate of drug-likeness (QED) is 0.598. The van der Waals surface area contributed by atoms with Gasteiger partial charge in [0.15, 0.2) is 0 Å². The van der Waals surface area contributed by atoms with E-state index >= 15 is 0 Å². The summed E-state index contributed by atoms with van der Waals surface area (Å²) in [6, 6.07) is 14.5. The van der Waals surface area contributed by atoms with E-state index in [1.807, 2.05) is 18.2 Å². The zero-order valence-electron chi connectivity index (χ0n) is 10.5. The van der Waals surface area contributed by atoms with Crippen LogP contribution in [0.3, 0.4) is 0 Å². The maximum absolute atomic E-state index is 6.24. The number of hydrogen-bond donors (Lipinski definition) is 0. The summed E-state index contributed by atoms with van der Waals surface area (Å²) >= 11 is 13.2. The van der Waals surface area contributed by atoms with Gasteiger partial charge in [-0.2, -0.15) is 0 Å². The normalized spacial score (nSPS) is 10.5. The Kier molecular flexibility index (Phi) is 5.31. The van der Waals surface area contributed by atoms with Gasteiger partial charge in [0.25, 0.3) is 0 Å². The fourth-order valence-electron chi connectivity index (χ4n) is 1.88. The van der Waals surface area contributed by atoms with Crippen molar-refractivity contribution in [1.29, 1.82) is 0 Å². The largest absolute Gasteiger partial charge is 0.370 e. The van der Waals surface area contributed by atoms with Crippen LogP contribution in [0, 0.1) is 0 Å². The Morgan fingerprint density at radius 2 is 1.95 bits per heavy atom. The zero-order valence-corrected chi connectivity index (χ0v) is 14.5. The molecule has 100 valence electrons.